The first-order valence-electron chi connectivity index (χ1n) is 12.2. The summed E-state index contributed by atoms with van der Waals surface area (Å²) in [6, 6.07) is 8.17. The normalized spacial score (nSPS) is 19.8. The van der Waals surface area contributed by atoms with E-state index in [0.717, 1.165) is 43.7 Å². The fourth-order valence-corrected chi connectivity index (χ4v) is 4.60. The second-order valence-corrected chi connectivity index (χ2v) is 9.63. The summed E-state index contributed by atoms with van der Waals surface area (Å²) in [5, 5.41) is 8.83. The van der Waals surface area contributed by atoms with Crippen LogP contribution in [0.1, 0.15) is 42.4 Å². The van der Waals surface area contributed by atoms with Crippen molar-refractivity contribution in [3.8, 4) is 5.75 Å². The largest absolute Gasteiger partial charge is 0.573 e. The quantitative estimate of drug-likeness (QED) is 0.436. The monoisotopic (exact) mass is 543 g/mol. The third-order valence-electron chi connectivity index (χ3n) is 6.81. The summed E-state index contributed by atoms with van der Waals surface area (Å²) < 4.78 is 80.2. The number of carbonyl (C=O) groups excluding carboxylic acids is 2. The second kappa shape index (κ2) is 10.8. The van der Waals surface area contributed by atoms with Crippen LogP contribution in [0, 0.1) is 0 Å². The highest BCUT2D eigenvalue weighted by Gasteiger charge is 2.52. The molecule has 0 aromatic heterocycles. The van der Waals surface area contributed by atoms with Crippen molar-refractivity contribution in [2.45, 2.75) is 62.1 Å². The average Bonchev–Trinajstić information content (AvgIpc) is 3.66. The van der Waals surface area contributed by atoms with Crippen molar-refractivity contribution in [3.63, 3.8) is 0 Å². The van der Waals surface area contributed by atoms with Gasteiger partial charge in [-0.2, -0.15) is 13.2 Å². The number of rotatable bonds is 8. The Balaban J connectivity index is 1.50. The SMILES string of the molecule is O=C(N[C@@H]1CCCNC1)[C@H](Cc1ccc(C(F)(F)F)cc1)NC(=O)C1(c2ccc(OC(F)(F)F)cc2)CC1. The van der Waals surface area contributed by atoms with Crippen molar-refractivity contribution in [1.29, 1.82) is 0 Å². The molecule has 38 heavy (non-hydrogen) atoms. The van der Waals surface area contributed by atoms with E-state index in [1.807, 2.05) is 0 Å². The molecule has 6 nitrogen and oxygen atoms in total. The van der Waals surface area contributed by atoms with Gasteiger partial charge in [0.2, 0.25) is 11.8 Å². The van der Waals surface area contributed by atoms with Gasteiger partial charge in [-0.05, 0) is 67.6 Å². The number of halogens is 6. The van der Waals surface area contributed by atoms with E-state index in [9.17, 15) is 35.9 Å². The maximum absolute atomic E-state index is 13.4. The molecule has 0 spiro atoms. The number of amides is 2. The molecule has 4 rings (SSSR count). The van der Waals surface area contributed by atoms with Gasteiger partial charge in [-0.3, -0.25) is 9.59 Å². The minimum atomic E-state index is -4.84. The Bertz CT molecular complexity index is 1120. The van der Waals surface area contributed by atoms with Gasteiger partial charge < -0.3 is 20.7 Å². The topological polar surface area (TPSA) is 79.5 Å². The lowest BCUT2D eigenvalue weighted by molar-refractivity contribution is -0.274. The maximum Gasteiger partial charge on any atom is 0.573 e. The number of piperidine rings is 1. The van der Waals surface area contributed by atoms with E-state index in [1.165, 1.54) is 24.3 Å². The number of hydrogen-bond acceptors (Lipinski definition) is 4. The van der Waals surface area contributed by atoms with Crippen molar-refractivity contribution >= 4 is 11.8 Å². The first-order chi connectivity index (χ1) is 17.9. The van der Waals surface area contributed by atoms with Crippen molar-refractivity contribution in [1.82, 2.24) is 16.0 Å². The predicted octanol–water partition coefficient (Wildman–Crippen LogP) is 4.23. The van der Waals surface area contributed by atoms with Crippen LogP contribution >= 0.6 is 0 Å². The molecule has 2 aliphatic rings. The fourth-order valence-electron chi connectivity index (χ4n) is 4.60. The van der Waals surface area contributed by atoms with Gasteiger partial charge in [0.1, 0.15) is 11.8 Å². The average molecular weight is 544 g/mol. The highest BCUT2D eigenvalue weighted by molar-refractivity contribution is 5.95. The van der Waals surface area contributed by atoms with Crippen molar-refractivity contribution in [3.05, 3.63) is 65.2 Å². The molecular formula is C26H27F6N3O3. The Morgan fingerprint density at radius 1 is 1.00 bits per heavy atom. The third-order valence-corrected chi connectivity index (χ3v) is 6.81. The zero-order valence-corrected chi connectivity index (χ0v) is 20.2. The van der Waals surface area contributed by atoms with Crippen molar-refractivity contribution in [2.24, 2.45) is 0 Å². The molecule has 12 heteroatoms. The van der Waals surface area contributed by atoms with E-state index in [2.05, 4.69) is 20.7 Å². The molecule has 1 aliphatic heterocycles. The van der Waals surface area contributed by atoms with E-state index >= 15 is 0 Å². The highest BCUT2D eigenvalue weighted by Crippen LogP contribution is 2.49. The van der Waals surface area contributed by atoms with Gasteiger partial charge in [0.25, 0.3) is 0 Å². The number of ether oxygens (including phenoxy) is 1. The summed E-state index contributed by atoms with van der Waals surface area (Å²) in [4.78, 5) is 26.5. The van der Waals surface area contributed by atoms with Gasteiger partial charge >= 0.3 is 12.5 Å². The highest BCUT2D eigenvalue weighted by atomic mass is 19.4. The molecule has 0 bridgehead atoms. The molecule has 2 fully saturated rings. The molecule has 1 heterocycles. The van der Waals surface area contributed by atoms with Crippen LogP contribution in [0.25, 0.3) is 0 Å². The molecule has 0 radical (unpaired) electrons. The maximum atomic E-state index is 13.4. The minimum absolute atomic E-state index is 0.0374. The summed E-state index contributed by atoms with van der Waals surface area (Å²) in [5.74, 6) is -1.36. The second-order valence-electron chi connectivity index (χ2n) is 9.63. The molecule has 1 saturated carbocycles. The van der Waals surface area contributed by atoms with Gasteiger partial charge in [-0.1, -0.05) is 24.3 Å². The van der Waals surface area contributed by atoms with E-state index < -0.39 is 47.1 Å². The Hall–Kier alpha value is -3.28. The zero-order chi connectivity index (χ0) is 27.6. The Morgan fingerprint density at radius 3 is 2.18 bits per heavy atom. The number of nitrogens with one attached hydrogen (secondary N) is 3. The summed E-state index contributed by atoms with van der Waals surface area (Å²) in [7, 11) is 0. The molecule has 3 N–H and O–H groups in total. The van der Waals surface area contributed by atoms with E-state index in [1.54, 1.807) is 0 Å². The Labute approximate surface area is 215 Å². The molecule has 2 aromatic rings. The number of alkyl halides is 6. The summed E-state index contributed by atoms with van der Waals surface area (Å²) >= 11 is 0. The van der Waals surface area contributed by atoms with Crippen LogP contribution in [0.3, 0.4) is 0 Å². The van der Waals surface area contributed by atoms with Gasteiger partial charge in [0, 0.05) is 19.0 Å². The van der Waals surface area contributed by atoms with Crippen molar-refractivity contribution < 1.29 is 40.7 Å². The van der Waals surface area contributed by atoms with E-state index in [4.69, 9.17) is 0 Å². The number of benzene rings is 2. The number of hydrogen-bond donors (Lipinski definition) is 3. The molecule has 2 aromatic carbocycles. The van der Waals surface area contributed by atoms with Crippen LogP contribution in [-0.4, -0.2) is 43.3 Å². The van der Waals surface area contributed by atoms with Gasteiger partial charge in [-0.25, -0.2) is 0 Å². The fraction of sp³-hybridized carbons (Fsp3) is 0.462. The lowest BCUT2D eigenvalue weighted by atomic mass is 9.93. The third kappa shape index (κ3) is 6.97. The lowest BCUT2D eigenvalue weighted by Gasteiger charge is -2.28. The van der Waals surface area contributed by atoms with Gasteiger partial charge in [-0.15, -0.1) is 13.2 Å². The molecule has 1 aliphatic carbocycles. The molecular weight excluding hydrogens is 516 g/mol. The van der Waals surface area contributed by atoms with Crippen LogP contribution in [0.4, 0.5) is 26.3 Å². The van der Waals surface area contributed by atoms with E-state index in [0.29, 0.717) is 30.5 Å². The summed E-state index contributed by atoms with van der Waals surface area (Å²) in [6.45, 7) is 1.39. The van der Waals surface area contributed by atoms with E-state index in [-0.39, 0.29) is 12.5 Å². The minimum Gasteiger partial charge on any atom is -0.406 e. The zero-order valence-electron chi connectivity index (χ0n) is 20.2. The molecule has 0 unspecified atom stereocenters. The van der Waals surface area contributed by atoms with Gasteiger partial charge in [0.05, 0.1) is 11.0 Å². The molecule has 2 atom stereocenters. The van der Waals surface area contributed by atoms with Gasteiger partial charge in [0.15, 0.2) is 0 Å². The van der Waals surface area contributed by atoms with Crippen LogP contribution in [0.2, 0.25) is 0 Å². The van der Waals surface area contributed by atoms with Crippen LogP contribution in [0.5, 0.6) is 5.75 Å². The number of carbonyl (C=O) groups is 2. The molecule has 1 saturated heterocycles. The Kier molecular flexibility index (Phi) is 7.91. The summed E-state index contributed by atoms with van der Waals surface area (Å²) in [5.41, 5.74) is -0.926. The van der Waals surface area contributed by atoms with Crippen molar-refractivity contribution in [2.75, 3.05) is 13.1 Å². The predicted molar refractivity (Wildman–Crippen MR) is 125 cm³/mol. The van der Waals surface area contributed by atoms with Crippen LogP contribution < -0.4 is 20.7 Å². The van der Waals surface area contributed by atoms with Crippen LogP contribution in [0.15, 0.2) is 48.5 Å². The standard InChI is InChI=1S/C26H27F6N3O3/c27-25(28,29)18-5-3-16(4-6-18)14-21(22(36)34-19-2-1-13-33-15-19)35-23(37)24(11-12-24)17-7-9-20(10-8-17)38-26(30,31)32/h3-10,19,21,33H,1-2,11-15H2,(H,34,36)(H,35,37)/t19-,21+/m1/s1. The Morgan fingerprint density at radius 2 is 1.66 bits per heavy atom. The van der Waals surface area contributed by atoms with Crippen LogP contribution in [-0.2, 0) is 27.6 Å². The molecule has 2 amide bonds. The first kappa shape index (κ1) is 27.7. The smallest absolute Gasteiger partial charge is 0.406 e. The lowest BCUT2D eigenvalue weighted by Crippen LogP contribution is -2.55. The summed E-state index contributed by atoms with van der Waals surface area (Å²) in [6.07, 6.45) is -6.92. The molecule has 206 valence electrons. The first-order valence-corrected chi connectivity index (χ1v) is 12.2.